The summed E-state index contributed by atoms with van der Waals surface area (Å²) in [7, 11) is 2.41. The normalized spacial score (nSPS) is 10.6. The number of benzene rings is 2. The minimum atomic E-state index is -0.664. The van der Waals surface area contributed by atoms with Crippen molar-refractivity contribution in [2.45, 2.75) is 13.0 Å². The zero-order chi connectivity index (χ0) is 21.0. The van der Waals surface area contributed by atoms with Gasteiger partial charge in [0, 0.05) is 18.7 Å². The van der Waals surface area contributed by atoms with Crippen molar-refractivity contribution >= 4 is 34.6 Å². The number of methoxy groups -OCH3 is 2. The van der Waals surface area contributed by atoms with Crippen LogP contribution in [0.1, 0.15) is 27.1 Å². The molecule has 0 saturated heterocycles. The number of esters is 2. The van der Waals surface area contributed by atoms with E-state index < -0.39 is 23.6 Å². The Morgan fingerprint density at radius 3 is 2.24 bits per heavy atom. The third-order valence-electron chi connectivity index (χ3n) is 4.20. The summed E-state index contributed by atoms with van der Waals surface area (Å²) in [6.45, 7) is 0.0994. The molecular formula is C20H18N2O7. The molecule has 0 aliphatic carbocycles. The van der Waals surface area contributed by atoms with Crippen LogP contribution in [-0.2, 0) is 20.8 Å². The van der Waals surface area contributed by atoms with Gasteiger partial charge in [-0.1, -0.05) is 12.1 Å². The number of amides is 1. The number of oxazole rings is 1. The third-order valence-corrected chi connectivity index (χ3v) is 4.20. The molecule has 1 amide bonds. The first-order valence-corrected chi connectivity index (χ1v) is 8.63. The Morgan fingerprint density at radius 1 is 1.00 bits per heavy atom. The van der Waals surface area contributed by atoms with Crippen LogP contribution in [-0.4, -0.2) is 36.6 Å². The van der Waals surface area contributed by atoms with Gasteiger partial charge in [0.15, 0.2) is 5.58 Å². The molecule has 150 valence electrons. The molecule has 9 heteroatoms. The quantitative estimate of drug-likeness (QED) is 0.633. The molecule has 0 spiro atoms. The molecule has 1 aromatic heterocycles. The number of aromatic nitrogens is 1. The van der Waals surface area contributed by atoms with E-state index in [1.165, 1.54) is 37.0 Å². The van der Waals surface area contributed by atoms with E-state index >= 15 is 0 Å². The summed E-state index contributed by atoms with van der Waals surface area (Å²) in [5.74, 6) is -2.30. The van der Waals surface area contributed by atoms with Gasteiger partial charge in [-0.2, -0.15) is 0 Å². The number of hydrogen-bond acceptors (Lipinski definition) is 7. The molecule has 0 radical (unpaired) electrons. The number of anilines is 1. The summed E-state index contributed by atoms with van der Waals surface area (Å²) in [5, 5.41) is 2.61. The van der Waals surface area contributed by atoms with Crippen molar-refractivity contribution in [3.63, 3.8) is 0 Å². The highest BCUT2D eigenvalue weighted by atomic mass is 16.5. The molecule has 3 rings (SSSR count). The molecule has 0 aliphatic heterocycles. The number of aryl methyl sites for hydroxylation is 1. The minimum Gasteiger partial charge on any atom is -0.465 e. The van der Waals surface area contributed by atoms with Crippen LogP contribution in [0.5, 0.6) is 0 Å². The van der Waals surface area contributed by atoms with Crippen molar-refractivity contribution in [3.8, 4) is 0 Å². The highest BCUT2D eigenvalue weighted by Crippen LogP contribution is 2.18. The van der Waals surface area contributed by atoms with Crippen molar-refractivity contribution in [1.29, 1.82) is 0 Å². The summed E-state index contributed by atoms with van der Waals surface area (Å²) in [5.41, 5.74) is 1.42. The summed E-state index contributed by atoms with van der Waals surface area (Å²) in [6.07, 6.45) is -0.0283. The van der Waals surface area contributed by atoms with Crippen LogP contribution in [0, 0.1) is 0 Å². The number of nitrogens with one attached hydrogen (secondary N) is 1. The van der Waals surface area contributed by atoms with E-state index in [2.05, 4.69) is 14.8 Å². The molecule has 0 bridgehead atoms. The van der Waals surface area contributed by atoms with Crippen LogP contribution in [0.15, 0.2) is 51.7 Å². The Morgan fingerprint density at radius 2 is 1.62 bits per heavy atom. The molecular weight excluding hydrogens is 380 g/mol. The molecule has 3 aromatic rings. The summed E-state index contributed by atoms with van der Waals surface area (Å²) < 4.78 is 15.8. The number of fused-ring (bicyclic) bond motifs is 1. The monoisotopic (exact) mass is 398 g/mol. The predicted octanol–water partition coefficient (Wildman–Crippen LogP) is 2.20. The van der Waals surface area contributed by atoms with Crippen molar-refractivity contribution < 1.29 is 28.3 Å². The average molecular weight is 398 g/mol. The topological polar surface area (TPSA) is 117 Å². The van der Waals surface area contributed by atoms with Gasteiger partial charge < -0.3 is 19.2 Å². The Balaban J connectivity index is 1.77. The molecule has 0 aliphatic rings. The van der Waals surface area contributed by atoms with Crippen LogP contribution in [0.2, 0.25) is 0 Å². The fraction of sp³-hybridized carbons (Fsp3) is 0.200. The van der Waals surface area contributed by atoms with Crippen molar-refractivity contribution in [3.05, 3.63) is 64.1 Å². The van der Waals surface area contributed by atoms with Crippen molar-refractivity contribution in [1.82, 2.24) is 4.57 Å². The predicted molar refractivity (Wildman–Crippen MR) is 103 cm³/mol. The van der Waals surface area contributed by atoms with Gasteiger partial charge in [0.2, 0.25) is 5.91 Å². The lowest BCUT2D eigenvalue weighted by atomic mass is 10.1. The Hall–Kier alpha value is -3.88. The van der Waals surface area contributed by atoms with E-state index in [9.17, 15) is 19.2 Å². The van der Waals surface area contributed by atoms with E-state index in [4.69, 9.17) is 4.42 Å². The number of carbonyl (C=O) groups is 3. The molecule has 0 fully saturated rings. The number of carbonyl (C=O) groups excluding carboxylic acids is 3. The fourth-order valence-electron chi connectivity index (χ4n) is 2.83. The second-order valence-corrected chi connectivity index (χ2v) is 6.07. The number of para-hydroxylation sites is 2. The van der Waals surface area contributed by atoms with Gasteiger partial charge in [-0.3, -0.25) is 9.36 Å². The van der Waals surface area contributed by atoms with Gasteiger partial charge in [-0.25, -0.2) is 14.4 Å². The van der Waals surface area contributed by atoms with E-state index in [0.717, 1.165) is 0 Å². The Labute approximate surface area is 164 Å². The summed E-state index contributed by atoms with van der Waals surface area (Å²) in [6, 6.07) is 11.0. The molecule has 0 saturated carbocycles. The second kappa shape index (κ2) is 8.42. The lowest BCUT2D eigenvalue weighted by Gasteiger charge is -2.10. The lowest BCUT2D eigenvalue weighted by Crippen LogP contribution is -2.20. The maximum Gasteiger partial charge on any atom is 0.419 e. The van der Waals surface area contributed by atoms with Crippen molar-refractivity contribution in [2.24, 2.45) is 0 Å². The van der Waals surface area contributed by atoms with Gasteiger partial charge in [0.25, 0.3) is 0 Å². The van der Waals surface area contributed by atoms with Gasteiger partial charge in [0.1, 0.15) is 0 Å². The minimum absolute atomic E-state index is 0.0283. The van der Waals surface area contributed by atoms with E-state index in [-0.39, 0.29) is 29.8 Å². The van der Waals surface area contributed by atoms with Crippen LogP contribution in [0.25, 0.3) is 11.1 Å². The van der Waals surface area contributed by atoms with Crippen LogP contribution < -0.4 is 11.1 Å². The highest BCUT2D eigenvalue weighted by molar-refractivity contribution is 5.99. The average Bonchev–Trinajstić information content (AvgIpc) is 3.05. The molecule has 9 nitrogen and oxygen atoms in total. The largest absolute Gasteiger partial charge is 0.465 e. The molecule has 0 atom stereocenters. The summed E-state index contributed by atoms with van der Waals surface area (Å²) in [4.78, 5) is 48.0. The SMILES string of the molecule is COC(=O)c1cc(NC(=O)CCn2c(=O)oc3ccccc32)cc(C(=O)OC)c1. The van der Waals surface area contributed by atoms with Gasteiger partial charge >= 0.3 is 17.7 Å². The first kappa shape index (κ1) is 19.9. The first-order chi connectivity index (χ1) is 13.9. The zero-order valence-electron chi connectivity index (χ0n) is 15.8. The van der Waals surface area contributed by atoms with Crippen LogP contribution in [0.4, 0.5) is 5.69 Å². The highest BCUT2D eigenvalue weighted by Gasteiger charge is 2.16. The molecule has 29 heavy (non-hydrogen) atoms. The van der Waals surface area contributed by atoms with Gasteiger partial charge in [-0.15, -0.1) is 0 Å². The number of rotatable bonds is 6. The maximum absolute atomic E-state index is 12.4. The maximum atomic E-state index is 12.4. The smallest absolute Gasteiger partial charge is 0.419 e. The fourth-order valence-corrected chi connectivity index (χ4v) is 2.83. The molecule has 1 heterocycles. The zero-order valence-corrected chi connectivity index (χ0v) is 15.8. The number of hydrogen-bond donors (Lipinski definition) is 1. The van der Waals surface area contributed by atoms with Crippen LogP contribution in [0.3, 0.4) is 0 Å². The van der Waals surface area contributed by atoms with Gasteiger partial charge in [-0.05, 0) is 30.3 Å². The Bertz CT molecular complexity index is 1110. The molecule has 2 aromatic carbocycles. The number of nitrogens with zero attached hydrogens (tertiary/aromatic N) is 1. The standard InChI is InChI=1S/C20H18N2O7/c1-27-18(24)12-9-13(19(25)28-2)11-14(10-12)21-17(23)7-8-22-15-5-3-4-6-16(15)29-20(22)26/h3-6,9-11H,7-8H2,1-2H3,(H,21,23). The molecule has 0 unspecified atom stereocenters. The van der Waals surface area contributed by atoms with Crippen molar-refractivity contribution in [2.75, 3.05) is 19.5 Å². The molecule has 1 N–H and O–H groups in total. The number of ether oxygens (including phenoxy) is 2. The third kappa shape index (κ3) is 4.34. The lowest BCUT2D eigenvalue weighted by molar-refractivity contribution is -0.116. The van der Waals surface area contributed by atoms with Gasteiger partial charge in [0.05, 0.1) is 30.9 Å². The summed E-state index contributed by atoms with van der Waals surface area (Å²) >= 11 is 0. The second-order valence-electron chi connectivity index (χ2n) is 6.07. The van der Waals surface area contributed by atoms with Crippen LogP contribution >= 0.6 is 0 Å². The first-order valence-electron chi connectivity index (χ1n) is 8.63. The van der Waals surface area contributed by atoms with E-state index in [0.29, 0.717) is 11.1 Å². The van der Waals surface area contributed by atoms with E-state index in [1.54, 1.807) is 24.3 Å². The Kier molecular flexibility index (Phi) is 5.77. The van der Waals surface area contributed by atoms with E-state index in [1.807, 2.05) is 0 Å².